The molecule has 0 saturated carbocycles. The molecule has 0 aromatic heterocycles. The molecule has 1 heterocycles. The number of fused-ring (bicyclic) bond motifs is 1. The monoisotopic (exact) mass is 429 g/mol. The van der Waals surface area contributed by atoms with Gasteiger partial charge in [0.25, 0.3) is 5.91 Å². The highest BCUT2D eigenvalue weighted by Gasteiger charge is 2.23. The molecule has 164 valence electrons. The SMILES string of the molecule is COCC(=O)N1CCCc2ccc(NC(=O)NC(c3ccccc3)c3ccccc3)cc21. The Hall–Kier alpha value is -3.64. The van der Waals surface area contributed by atoms with Gasteiger partial charge >= 0.3 is 6.03 Å². The molecule has 0 bridgehead atoms. The molecule has 3 aromatic carbocycles. The van der Waals surface area contributed by atoms with Gasteiger partial charge in [-0.25, -0.2) is 4.79 Å². The minimum atomic E-state index is -0.312. The van der Waals surface area contributed by atoms with E-state index in [0.717, 1.165) is 35.2 Å². The number of nitrogens with one attached hydrogen (secondary N) is 2. The number of amides is 3. The fraction of sp³-hybridized carbons (Fsp3) is 0.231. The first-order chi connectivity index (χ1) is 15.7. The summed E-state index contributed by atoms with van der Waals surface area (Å²) in [5, 5.41) is 6.02. The van der Waals surface area contributed by atoms with Crippen molar-refractivity contribution in [2.24, 2.45) is 0 Å². The van der Waals surface area contributed by atoms with Gasteiger partial charge < -0.3 is 20.3 Å². The zero-order chi connectivity index (χ0) is 22.3. The molecule has 3 amide bonds. The van der Waals surface area contributed by atoms with E-state index >= 15 is 0 Å². The molecule has 0 unspecified atom stereocenters. The van der Waals surface area contributed by atoms with Crippen LogP contribution in [0.4, 0.5) is 16.2 Å². The second kappa shape index (κ2) is 10.1. The largest absolute Gasteiger partial charge is 0.375 e. The number of carbonyl (C=O) groups is 2. The lowest BCUT2D eigenvalue weighted by Crippen LogP contribution is -2.38. The summed E-state index contributed by atoms with van der Waals surface area (Å²) in [5.41, 5.74) is 4.56. The third kappa shape index (κ3) is 4.98. The Morgan fingerprint density at radius 1 is 0.969 bits per heavy atom. The summed E-state index contributed by atoms with van der Waals surface area (Å²) >= 11 is 0. The summed E-state index contributed by atoms with van der Waals surface area (Å²) in [6.07, 6.45) is 1.81. The zero-order valence-corrected chi connectivity index (χ0v) is 18.1. The Balaban J connectivity index is 1.53. The molecule has 0 saturated heterocycles. The Kier molecular flexibility index (Phi) is 6.82. The highest BCUT2D eigenvalue weighted by molar-refractivity contribution is 5.97. The molecule has 0 radical (unpaired) electrons. The molecule has 1 aliphatic heterocycles. The number of rotatable bonds is 6. The van der Waals surface area contributed by atoms with Crippen molar-refractivity contribution >= 4 is 23.3 Å². The van der Waals surface area contributed by atoms with Crippen LogP contribution in [0.1, 0.15) is 29.2 Å². The van der Waals surface area contributed by atoms with Crippen LogP contribution in [0.25, 0.3) is 0 Å². The summed E-state index contributed by atoms with van der Waals surface area (Å²) in [7, 11) is 1.51. The molecule has 32 heavy (non-hydrogen) atoms. The first-order valence-corrected chi connectivity index (χ1v) is 10.8. The van der Waals surface area contributed by atoms with Crippen LogP contribution < -0.4 is 15.5 Å². The second-order valence-corrected chi connectivity index (χ2v) is 7.78. The lowest BCUT2D eigenvalue weighted by atomic mass is 9.99. The predicted octanol–water partition coefficient (Wildman–Crippen LogP) is 4.52. The van der Waals surface area contributed by atoms with Crippen LogP contribution in [0.2, 0.25) is 0 Å². The average molecular weight is 430 g/mol. The Labute approximate surface area is 188 Å². The van der Waals surface area contributed by atoms with Crippen molar-refractivity contribution in [3.05, 3.63) is 95.6 Å². The molecule has 2 N–H and O–H groups in total. The van der Waals surface area contributed by atoms with Gasteiger partial charge in [0.1, 0.15) is 6.61 Å². The normalized spacial score (nSPS) is 12.9. The summed E-state index contributed by atoms with van der Waals surface area (Å²) < 4.78 is 5.02. The minimum absolute atomic E-state index is 0.0351. The zero-order valence-electron chi connectivity index (χ0n) is 18.1. The fourth-order valence-electron chi connectivity index (χ4n) is 4.06. The molecule has 6 heteroatoms. The Morgan fingerprint density at radius 2 is 1.62 bits per heavy atom. The van der Waals surface area contributed by atoms with Crippen LogP contribution in [0.5, 0.6) is 0 Å². The molecular weight excluding hydrogens is 402 g/mol. The van der Waals surface area contributed by atoms with Crippen molar-refractivity contribution in [1.29, 1.82) is 0 Å². The number of hydrogen-bond acceptors (Lipinski definition) is 3. The van der Waals surface area contributed by atoms with Crippen molar-refractivity contribution in [2.75, 3.05) is 30.5 Å². The first kappa shape index (κ1) is 21.6. The smallest absolute Gasteiger partial charge is 0.319 e. The lowest BCUT2D eigenvalue weighted by molar-refractivity contribution is -0.122. The molecule has 0 atom stereocenters. The van der Waals surface area contributed by atoms with E-state index in [9.17, 15) is 9.59 Å². The number of methoxy groups -OCH3 is 1. The Morgan fingerprint density at radius 3 is 2.25 bits per heavy atom. The summed E-state index contributed by atoms with van der Waals surface area (Å²) in [6, 6.07) is 24.8. The molecule has 6 nitrogen and oxygen atoms in total. The third-order valence-electron chi connectivity index (χ3n) is 5.57. The van der Waals surface area contributed by atoms with Crippen LogP contribution in [0.15, 0.2) is 78.9 Å². The Bertz CT molecular complexity index is 1030. The molecule has 4 rings (SSSR count). The number of urea groups is 1. The molecular formula is C26H27N3O3. The maximum absolute atomic E-state index is 12.9. The summed E-state index contributed by atoms with van der Waals surface area (Å²) in [6.45, 7) is 0.683. The van der Waals surface area contributed by atoms with E-state index in [1.165, 1.54) is 7.11 Å². The van der Waals surface area contributed by atoms with Gasteiger partial charge in [-0.3, -0.25) is 4.79 Å². The highest BCUT2D eigenvalue weighted by atomic mass is 16.5. The van der Waals surface area contributed by atoms with Crippen LogP contribution in [0, 0.1) is 0 Å². The van der Waals surface area contributed by atoms with E-state index in [2.05, 4.69) is 10.6 Å². The number of anilines is 2. The van der Waals surface area contributed by atoms with Gasteiger partial charge in [-0.2, -0.15) is 0 Å². The van der Waals surface area contributed by atoms with Crippen molar-refractivity contribution < 1.29 is 14.3 Å². The summed E-state index contributed by atoms with van der Waals surface area (Å²) in [5.74, 6) is -0.0803. The number of carbonyl (C=O) groups excluding carboxylic acids is 2. The number of nitrogens with zero attached hydrogens (tertiary/aromatic N) is 1. The van der Waals surface area contributed by atoms with Crippen molar-refractivity contribution in [3.63, 3.8) is 0 Å². The van der Waals surface area contributed by atoms with Gasteiger partial charge in [-0.1, -0.05) is 66.7 Å². The van der Waals surface area contributed by atoms with Gasteiger partial charge in [-0.05, 0) is 41.7 Å². The minimum Gasteiger partial charge on any atom is -0.375 e. The predicted molar refractivity (Wildman–Crippen MR) is 126 cm³/mol. The molecule has 1 aliphatic rings. The highest BCUT2D eigenvalue weighted by Crippen LogP contribution is 2.30. The van der Waals surface area contributed by atoms with Crippen LogP contribution in [-0.2, 0) is 16.0 Å². The van der Waals surface area contributed by atoms with Crippen molar-refractivity contribution in [1.82, 2.24) is 5.32 Å². The van der Waals surface area contributed by atoms with E-state index in [0.29, 0.717) is 12.2 Å². The molecule has 0 fully saturated rings. The van der Waals surface area contributed by atoms with Crippen molar-refractivity contribution in [3.8, 4) is 0 Å². The van der Waals surface area contributed by atoms with Crippen LogP contribution in [-0.4, -0.2) is 32.2 Å². The quantitative estimate of drug-likeness (QED) is 0.605. The third-order valence-corrected chi connectivity index (χ3v) is 5.57. The number of benzene rings is 3. The van der Waals surface area contributed by atoms with E-state index in [1.54, 1.807) is 4.90 Å². The van der Waals surface area contributed by atoms with E-state index in [-0.39, 0.29) is 24.6 Å². The second-order valence-electron chi connectivity index (χ2n) is 7.78. The van der Waals surface area contributed by atoms with E-state index in [1.807, 2.05) is 78.9 Å². The first-order valence-electron chi connectivity index (χ1n) is 10.8. The standard InChI is InChI=1S/C26H27N3O3/c1-32-18-24(30)29-16-8-13-19-14-15-22(17-23(19)29)27-26(31)28-25(20-9-4-2-5-10-20)21-11-6-3-7-12-21/h2-7,9-12,14-15,17,25H,8,13,16,18H2,1H3,(H2,27,28,31). The average Bonchev–Trinajstić information content (AvgIpc) is 2.83. The van der Waals surface area contributed by atoms with Gasteiger partial charge in [0.05, 0.1) is 6.04 Å². The molecule has 3 aromatic rings. The molecule has 0 spiro atoms. The summed E-state index contributed by atoms with van der Waals surface area (Å²) in [4.78, 5) is 27.1. The number of ether oxygens (including phenoxy) is 1. The van der Waals surface area contributed by atoms with Crippen LogP contribution >= 0.6 is 0 Å². The maximum atomic E-state index is 12.9. The van der Waals surface area contributed by atoms with Gasteiger partial charge in [0.15, 0.2) is 0 Å². The van der Waals surface area contributed by atoms with Gasteiger partial charge in [0, 0.05) is 25.0 Å². The fourth-order valence-corrected chi connectivity index (χ4v) is 4.06. The number of hydrogen-bond donors (Lipinski definition) is 2. The topological polar surface area (TPSA) is 70.7 Å². The molecule has 0 aliphatic carbocycles. The van der Waals surface area contributed by atoms with E-state index in [4.69, 9.17) is 4.74 Å². The maximum Gasteiger partial charge on any atom is 0.319 e. The lowest BCUT2D eigenvalue weighted by Gasteiger charge is -2.30. The van der Waals surface area contributed by atoms with Gasteiger partial charge in [0.2, 0.25) is 0 Å². The van der Waals surface area contributed by atoms with Gasteiger partial charge in [-0.15, -0.1) is 0 Å². The number of aryl methyl sites for hydroxylation is 1. The van der Waals surface area contributed by atoms with Crippen LogP contribution in [0.3, 0.4) is 0 Å². The van der Waals surface area contributed by atoms with Crippen molar-refractivity contribution in [2.45, 2.75) is 18.9 Å². The van der Waals surface area contributed by atoms with E-state index < -0.39 is 0 Å².